The zero-order valence-corrected chi connectivity index (χ0v) is 10.6. The Morgan fingerprint density at radius 1 is 1.29 bits per heavy atom. The highest BCUT2D eigenvalue weighted by molar-refractivity contribution is 6.04. The molecule has 0 aromatic rings. The molecule has 2 aliphatic heterocycles. The molecule has 0 atom stereocenters. The minimum absolute atomic E-state index is 0.121. The van der Waals surface area contributed by atoms with Crippen molar-refractivity contribution in [1.29, 1.82) is 0 Å². The summed E-state index contributed by atoms with van der Waals surface area (Å²) in [7, 11) is 2.04. The Labute approximate surface area is 102 Å². The molecule has 5 heteroatoms. The van der Waals surface area contributed by atoms with Gasteiger partial charge in [-0.15, -0.1) is 0 Å². The van der Waals surface area contributed by atoms with Gasteiger partial charge in [-0.3, -0.25) is 14.4 Å². The molecule has 2 saturated heterocycles. The van der Waals surface area contributed by atoms with Gasteiger partial charge in [0.1, 0.15) is 0 Å². The lowest BCUT2D eigenvalue weighted by Gasteiger charge is -2.35. The van der Waals surface area contributed by atoms with Crippen molar-refractivity contribution in [1.82, 2.24) is 9.96 Å². The molecular formula is C12H20N2O3. The van der Waals surface area contributed by atoms with E-state index in [9.17, 15) is 9.59 Å². The van der Waals surface area contributed by atoms with Gasteiger partial charge in [-0.1, -0.05) is 6.92 Å². The second-order valence-corrected chi connectivity index (χ2v) is 5.09. The van der Waals surface area contributed by atoms with Crippen LogP contribution in [0, 0.1) is 5.41 Å². The minimum atomic E-state index is -0.475. The highest BCUT2D eigenvalue weighted by Gasteiger charge is 2.53. The van der Waals surface area contributed by atoms with Gasteiger partial charge in [0, 0.05) is 6.42 Å². The molecule has 0 unspecified atom stereocenters. The molecule has 2 amide bonds. The van der Waals surface area contributed by atoms with Crippen molar-refractivity contribution in [2.24, 2.45) is 5.41 Å². The van der Waals surface area contributed by atoms with Crippen molar-refractivity contribution >= 4 is 11.8 Å². The molecule has 0 aromatic heterocycles. The van der Waals surface area contributed by atoms with E-state index in [0.717, 1.165) is 37.4 Å². The smallest absolute Gasteiger partial charge is 0.260 e. The first-order valence-corrected chi connectivity index (χ1v) is 6.28. The third-order valence-corrected chi connectivity index (χ3v) is 3.72. The Kier molecular flexibility index (Phi) is 3.49. The van der Waals surface area contributed by atoms with E-state index < -0.39 is 5.41 Å². The SMILES string of the molecule is CCCON1C(=O)CC2(CCN(C)CC2)C1=O. The zero-order chi connectivity index (χ0) is 12.5. The molecule has 5 nitrogen and oxygen atoms in total. The van der Waals surface area contributed by atoms with E-state index in [-0.39, 0.29) is 11.8 Å². The summed E-state index contributed by atoms with van der Waals surface area (Å²) in [6.45, 7) is 4.13. The number of hydroxylamine groups is 2. The van der Waals surface area contributed by atoms with E-state index in [1.54, 1.807) is 0 Å². The van der Waals surface area contributed by atoms with Gasteiger partial charge >= 0.3 is 0 Å². The molecular weight excluding hydrogens is 220 g/mol. The summed E-state index contributed by atoms with van der Waals surface area (Å²) in [5.74, 6) is -0.294. The summed E-state index contributed by atoms with van der Waals surface area (Å²) in [5, 5.41) is 1.01. The number of carbonyl (C=O) groups is 2. The van der Waals surface area contributed by atoms with Gasteiger partial charge in [-0.25, -0.2) is 0 Å². The van der Waals surface area contributed by atoms with E-state index in [2.05, 4.69) is 4.90 Å². The fourth-order valence-electron chi connectivity index (χ4n) is 2.52. The quantitative estimate of drug-likeness (QED) is 0.685. The van der Waals surface area contributed by atoms with Crippen LogP contribution in [0.1, 0.15) is 32.6 Å². The number of carbonyl (C=O) groups excluding carboxylic acids is 2. The van der Waals surface area contributed by atoms with Crippen LogP contribution in [0.15, 0.2) is 0 Å². The minimum Gasteiger partial charge on any atom is -0.306 e. The standard InChI is InChI=1S/C12H20N2O3/c1-3-8-17-14-10(15)9-12(11(14)16)4-6-13(2)7-5-12/h3-9H2,1-2H3. The number of rotatable bonds is 3. The molecule has 2 aliphatic rings. The Hall–Kier alpha value is -0.940. The number of likely N-dealkylation sites (tertiary alicyclic amines) is 1. The van der Waals surface area contributed by atoms with Crippen LogP contribution in [0.4, 0.5) is 0 Å². The van der Waals surface area contributed by atoms with E-state index in [4.69, 9.17) is 4.84 Å². The first-order valence-electron chi connectivity index (χ1n) is 6.28. The molecule has 17 heavy (non-hydrogen) atoms. The molecule has 2 fully saturated rings. The van der Waals surface area contributed by atoms with Crippen molar-refractivity contribution in [3.8, 4) is 0 Å². The van der Waals surface area contributed by atoms with Crippen LogP contribution >= 0.6 is 0 Å². The predicted octanol–water partition coefficient (Wildman–Crippen LogP) is 0.799. The third-order valence-electron chi connectivity index (χ3n) is 3.72. The normalized spacial score (nSPS) is 24.9. The molecule has 2 heterocycles. The number of amides is 2. The van der Waals surface area contributed by atoms with Crippen molar-refractivity contribution < 1.29 is 14.4 Å². The molecule has 0 aromatic carbocycles. The van der Waals surface area contributed by atoms with Crippen LogP contribution in [0.3, 0.4) is 0 Å². The Balaban J connectivity index is 2.06. The first kappa shape index (κ1) is 12.5. The summed E-state index contributed by atoms with van der Waals surface area (Å²) in [6.07, 6.45) is 2.65. The highest BCUT2D eigenvalue weighted by Crippen LogP contribution is 2.41. The highest BCUT2D eigenvalue weighted by atomic mass is 16.7. The predicted molar refractivity (Wildman–Crippen MR) is 61.9 cm³/mol. The van der Waals surface area contributed by atoms with Crippen molar-refractivity contribution in [2.75, 3.05) is 26.7 Å². The summed E-state index contributed by atoms with van der Waals surface area (Å²) in [6, 6.07) is 0. The largest absolute Gasteiger partial charge is 0.306 e. The zero-order valence-electron chi connectivity index (χ0n) is 10.6. The molecule has 96 valence electrons. The maximum Gasteiger partial charge on any atom is 0.260 e. The van der Waals surface area contributed by atoms with Gasteiger partial charge < -0.3 is 4.90 Å². The number of imide groups is 1. The van der Waals surface area contributed by atoms with Gasteiger partial charge in [0.25, 0.3) is 11.8 Å². The second-order valence-electron chi connectivity index (χ2n) is 5.09. The van der Waals surface area contributed by atoms with Crippen molar-refractivity contribution in [2.45, 2.75) is 32.6 Å². The monoisotopic (exact) mass is 240 g/mol. The molecule has 0 N–H and O–H groups in total. The van der Waals surface area contributed by atoms with Crippen molar-refractivity contribution in [3.05, 3.63) is 0 Å². The van der Waals surface area contributed by atoms with Gasteiger partial charge in [-0.05, 0) is 39.4 Å². The lowest BCUT2D eigenvalue weighted by atomic mass is 9.77. The molecule has 1 spiro atoms. The van der Waals surface area contributed by atoms with E-state index >= 15 is 0 Å². The number of hydrogen-bond donors (Lipinski definition) is 0. The fraction of sp³-hybridized carbons (Fsp3) is 0.833. The van der Waals surface area contributed by atoms with E-state index in [0.29, 0.717) is 13.0 Å². The molecule has 0 saturated carbocycles. The van der Waals surface area contributed by atoms with Crippen LogP contribution in [0.25, 0.3) is 0 Å². The Morgan fingerprint density at radius 2 is 1.94 bits per heavy atom. The maximum atomic E-state index is 12.3. The average molecular weight is 240 g/mol. The van der Waals surface area contributed by atoms with E-state index in [1.165, 1.54) is 0 Å². The summed E-state index contributed by atoms with van der Waals surface area (Å²) in [5.41, 5.74) is -0.475. The van der Waals surface area contributed by atoms with Crippen molar-refractivity contribution in [3.63, 3.8) is 0 Å². The topological polar surface area (TPSA) is 49.9 Å². The van der Waals surface area contributed by atoms with Crippen LogP contribution in [-0.4, -0.2) is 48.5 Å². The first-order chi connectivity index (χ1) is 8.09. The molecule has 0 aliphatic carbocycles. The lowest BCUT2D eigenvalue weighted by molar-refractivity contribution is -0.191. The third kappa shape index (κ3) is 2.21. The molecule has 0 radical (unpaired) electrons. The van der Waals surface area contributed by atoms with E-state index in [1.807, 2.05) is 14.0 Å². The van der Waals surface area contributed by atoms with Gasteiger partial charge in [0.2, 0.25) is 0 Å². The van der Waals surface area contributed by atoms with Gasteiger partial charge in [0.15, 0.2) is 0 Å². The fourth-order valence-corrected chi connectivity index (χ4v) is 2.52. The molecule has 2 rings (SSSR count). The lowest BCUT2D eigenvalue weighted by Crippen LogP contribution is -2.43. The van der Waals surface area contributed by atoms with Gasteiger partial charge in [-0.2, -0.15) is 5.06 Å². The van der Waals surface area contributed by atoms with Crippen LogP contribution in [0.2, 0.25) is 0 Å². The molecule has 0 bridgehead atoms. The maximum absolute atomic E-state index is 12.3. The number of nitrogens with zero attached hydrogens (tertiary/aromatic N) is 2. The van der Waals surface area contributed by atoms with Gasteiger partial charge in [0.05, 0.1) is 12.0 Å². The Bertz CT molecular complexity index is 322. The van der Waals surface area contributed by atoms with Crippen LogP contribution in [-0.2, 0) is 14.4 Å². The number of piperidine rings is 1. The second kappa shape index (κ2) is 4.74. The van der Waals surface area contributed by atoms with Crippen LogP contribution < -0.4 is 0 Å². The summed E-state index contributed by atoms with van der Waals surface area (Å²) in [4.78, 5) is 31.5. The summed E-state index contributed by atoms with van der Waals surface area (Å²) >= 11 is 0. The number of hydrogen-bond acceptors (Lipinski definition) is 4. The van der Waals surface area contributed by atoms with Crippen LogP contribution in [0.5, 0.6) is 0 Å². The summed E-state index contributed by atoms with van der Waals surface area (Å²) < 4.78 is 0. The average Bonchev–Trinajstić information content (AvgIpc) is 2.54. The Morgan fingerprint density at radius 3 is 2.53 bits per heavy atom.